The zero-order valence-corrected chi connectivity index (χ0v) is 17.6. The Bertz CT molecular complexity index is 1020. The summed E-state index contributed by atoms with van der Waals surface area (Å²) in [7, 11) is 1.85. The van der Waals surface area contributed by atoms with E-state index in [2.05, 4.69) is 32.9 Å². The Morgan fingerprint density at radius 1 is 1.27 bits per heavy atom. The van der Waals surface area contributed by atoms with Gasteiger partial charge in [0.15, 0.2) is 11.6 Å². The number of hydrogen-bond donors (Lipinski definition) is 0. The summed E-state index contributed by atoms with van der Waals surface area (Å²) in [5.74, 6) is 1.77. The van der Waals surface area contributed by atoms with Crippen LogP contribution < -0.4 is 4.90 Å². The number of nitriles is 1. The van der Waals surface area contributed by atoms with Gasteiger partial charge in [-0.3, -0.25) is 9.48 Å². The average Bonchev–Trinajstić information content (AvgIpc) is 3.03. The molecule has 3 fully saturated rings. The first-order valence-corrected chi connectivity index (χ1v) is 10.8. The minimum Gasteiger partial charge on any atom is -0.352 e. The van der Waals surface area contributed by atoms with Crippen molar-refractivity contribution in [1.29, 1.82) is 5.26 Å². The van der Waals surface area contributed by atoms with Crippen molar-refractivity contribution in [2.45, 2.75) is 45.1 Å². The van der Waals surface area contributed by atoms with Crippen molar-refractivity contribution >= 4 is 11.7 Å². The number of piperazine rings is 1. The number of hydrogen-bond acceptors (Lipinski definition) is 6. The van der Waals surface area contributed by atoms with Gasteiger partial charge in [-0.2, -0.15) is 10.4 Å². The predicted octanol–water partition coefficient (Wildman–Crippen LogP) is 2.37. The van der Waals surface area contributed by atoms with E-state index in [9.17, 15) is 10.1 Å². The number of amides is 1. The lowest BCUT2D eigenvalue weighted by Gasteiger charge is -2.41. The van der Waals surface area contributed by atoms with Crippen molar-refractivity contribution in [3.05, 3.63) is 24.2 Å². The van der Waals surface area contributed by atoms with E-state index < -0.39 is 0 Å². The highest BCUT2D eigenvalue weighted by Gasteiger charge is 2.59. The quantitative estimate of drug-likeness (QED) is 0.779. The van der Waals surface area contributed by atoms with Crippen LogP contribution in [-0.4, -0.2) is 56.2 Å². The number of anilines is 1. The van der Waals surface area contributed by atoms with Crippen LogP contribution in [0, 0.1) is 22.7 Å². The normalized spacial score (nSPS) is 24.8. The number of aryl methyl sites for hydroxylation is 1. The van der Waals surface area contributed by atoms with Gasteiger partial charge in [0.1, 0.15) is 11.6 Å². The van der Waals surface area contributed by atoms with E-state index >= 15 is 0 Å². The number of aromatic nitrogens is 4. The molecule has 2 aromatic heterocycles. The molecule has 1 aliphatic heterocycles. The SMILES string of the molecule is C[C@@H]1CN(c2nc(-c3cnn(C)c3)ncc2C#N)CCN1C(=O)C1CC12CCCC2. The molecule has 2 atom stereocenters. The first-order chi connectivity index (χ1) is 14.5. The molecule has 30 heavy (non-hydrogen) atoms. The Balaban J connectivity index is 1.33. The van der Waals surface area contributed by atoms with E-state index in [-0.39, 0.29) is 12.0 Å². The number of carbonyl (C=O) groups excluding carboxylic acids is 1. The monoisotopic (exact) mass is 405 g/mol. The Hall–Kier alpha value is -2.95. The smallest absolute Gasteiger partial charge is 0.226 e. The van der Waals surface area contributed by atoms with Gasteiger partial charge >= 0.3 is 0 Å². The largest absolute Gasteiger partial charge is 0.352 e. The van der Waals surface area contributed by atoms with Gasteiger partial charge in [-0.25, -0.2) is 9.97 Å². The van der Waals surface area contributed by atoms with Crippen LogP contribution in [0.15, 0.2) is 18.6 Å². The van der Waals surface area contributed by atoms with E-state index in [0.717, 1.165) is 12.0 Å². The third-order valence-electron chi connectivity index (χ3n) is 7.15. The molecule has 1 saturated heterocycles. The van der Waals surface area contributed by atoms with Crippen molar-refractivity contribution in [1.82, 2.24) is 24.6 Å². The molecule has 8 nitrogen and oxygen atoms in total. The summed E-state index contributed by atoms with van der Waals surface area (Å²) in [4.78, 5) is 26.4. The number of rotatable bonds is 3. The summed E-state index contributed by atoms with van der Waals surface area (Å²) in [6.07, 6.45) is 11.2. The predicted molar refractivity (Wildman–Crippen MR) is 111 cm³/mol. The molecule has 2 saturated carbocycles. The first kappa shape index (κ1) is 19.0. The maximum atomic E-state index is 13.2. The van der Waals surface area contributed by atoms with Gasteiger partial charge in [0, 0.05) is 44.8 Å². The lowest BCUT2D eigenvalue weighted by Crippen LogP contribution is -2.55. The summed E-state index contributed by atoms with van der Waals surface area (Å²) >= 11 is 0. The molecular formula is C22H27N7O. The molecule has 3 heterocycles. The van der Waals surface area contributed by atoms with Crippen molar-refractivity contribution in [3.8, 4) is 17.5 Å². The molecule has 2 aliphatic carbocycles. The van der Waals surface area contributed by atoms with Gasteiger partial charge in [0.05, 0.1) is 18.0 Å². The topological polar surface area (TPSA) is 90.9 Å². The second kappa shape index (κ2) is 7.08. The summed E-state index contributed by atoms with van der Waals surface area (Å²) in [6.45, 7) is 4.12. The minimum absolute atomic E-state index is 0.0913. The maximum Gasteiger partial charge on any atom is 0.226 e. The number of carbonyl (C=O) groups is 1. The highest BCUT2D eigenvalue weighted by atomic mass is 16.2. The average molecular weight is 406 g/mol. The van der Waals surface area contributed by atoms with Crippen LogP contribution in [-0.2, 0) is 11.8 Å². The maximum absolute atomic E-state index is 13.2. The first-order valence-electron chi connectivity index (χ1n) is 10.8. The fourth-order valence-corrected chi connectivity index (χ4v) is 5.37. The van der Waals surface area contributed by atoms with Gasteiger partial charge in [0.2, 0.25) is 5.91 Å². The Morgan fingerprint density at radius 2 is 2.07 bits per heavy atom. The van der Waals surface area contributed by atoms with Crippen LogP contribution >= 0.6 is 0 Å². The highest BCUT2D eigenvalue weighted by molar-refractivity contribution is 5.83. The third kappa shape index (κ3) is 3.13. The standard InChI is InChI=1S/C22H27N7O/c1-15-13-28(7-8-29(15)21(30)18-9-22(18)5-3-4-6-22)20-16(10-23)11-24-19(26-20)17-12-25-27(2)14-17/h11-12,14-15,18H,3-9,13H2,1-2H3/t15-,18?/m1/s1. The van der Waals surface area contributed by atoms with Crippen LogP contribution in [0.3, 0.4) is 0 Å². The molecule has 0 radical (unpaired) electrons. The third-order valence-corrected chi connectivity index (χ3v) is 7.15. The molecule has 0 aromatic carbocycles. The van der Waals surface area contributed by atoms with Gasteiger partial charge in [0.25, 0.3) is 0 Å². The molecule has 3 aliphatic rings. The van der Waals surface area contributed by atoms with E-state index in [0.29, 0.717) is 48.2 Å². The Labute approximate surface area is 176 Å². The molecule has 0 bridgehead atoms. The highest BCUT2D eigenvalue weighted by Crippen LogP contribution is 2.63. The molecular weight excluding hydrogens is 378 g/mol. The second-order valence-corrected chi connectivity index (χ2v) is 9.10. The fraction of sp³-hybridized carbons (Fsp3) is 0.591. The number of nitrogens with zero attached hydrogens (tertiary/aromatic N) is 7. The van der Waals surface area contributed by atoms with Gasteiger partial charge in [-0.1, -0.05) is 12.8 Å². The summed E-state index contributed by atoms with van der Waals surface area (Å²) in [6, 6.07) is 2.31. The van der Waals surface area contributed by atoms with E-state index in [1.54, 1.807) is 17.1 Å². The molecule has 156 valence electrons. The molecule has 1 unspecified atom stereocenters. The van der Waals surface area contributed by atoms with Gasteiger partial charge in [-0.15, -0.1) is 0 Å². The fourth-order valence-electron chi connectivity index (χ4n) is 5.37. The van der Waals surface area contributed by atoms with E-state index in [4.69, 9.17) is 4.98 Å². The van der Waals surface area contributed by atoms with Crippen molar-refractivity contribution in [2.75, 3.05) is 24.5 Å². The van der Waals surface area contributed by atoms with Gasteiger partial charge < -0.3 is 9.80 Å². The van der Waals surface area contributed by atoms with E-state index in [1.165, 1.54) is 25.7 Å². The zero-order chi connectivity index (χ0) is 20.9. The summed E-state index contributed by atoms with van der Waals surface area (Å²) < 4.78 is 1.71. The van der Waals surface area contributed by atoms with Gasteiger partial charge in [-0.05, 0) is 31.6 Å². The van der Waals surface area contributed by atoms with Crippen LogP contribution in [0.25, 0.3) is 11.4 Å². The molecule has 5 rings (SSSR count). The van der Waals surface area contributed by atoms with Crippen LogP contribution in [0.2, 0.25) is 0 Å². The van der Waals surface area contributed by atoms with Crippen LogP contribution in [0.5, 0.6) is 0 Å². The molecule has 8 heteroatoms. The Morgan fingerprint density at radius 3 is 2.73 bits per heavy atom. The lowest BCUT2D eigenvalue weighted by molar-refractivity contribution is -0.135. The minimum atomic E-state index is 0.0913. The molecule has 2 aromatic rings. The van der Waals surface area contributed by atoms with Crippen molar-refractivity contribution in [2.24, 2.45) is 18.4 Å². The van der Waals surface area contributed by atoms with Crippen LogP contribution in [0.1, 0.15) is 44.6 Å². The second-order valence-electron chi connectivity index (χ2n) is 9.10. The van der Waals surface area contributed by atoms with Crippen molar-refractivity contribution < 1.29 is 4.79 Å². The van der Waals surface area contributed by atoms with Crippen LogP contribution in [0.4, 0.5) is 5.82 Å². The molecule has 1 spiro atoms. The Kier molecular flexibility index (Phi) is 4.49. The van der Waals surface area contributed by atoms with Crippen molar-refractivity contribution in [3.63, 3.8) is 0 Å². The summed E-state index contributed by atoms with van der Waals surface area (Å²) in [5.41, 5.74) is 1.61. The van der Waals surface area contributed by atoms with E-state index in [1.807, 2.05) is 13.2 Å². The lowest BCUT2D eigenvalue weighted by atomic mass is 10.0. The summed E-state index contributed by atoms with van der Waals surface area (Å²) in [5, 5.41) is 13.8. The molecule has 0 N–H and O–H groups in total. The zero-order valence-electron chi connectivity index (χ0n) is 17.6. The molecule has 1 amide bonds.